The molecule has 0 aliphatic heterocycles. The molecule has 4 rings (SSSR count). The van der Waals surface area contributed by atoms with Crippen molar-refractivity contribution in [2.75, 3.05) is 5.73 Å². The third-order valence-electron chi connectivity index (χ3n) is 4.68. The van der Waals surface area contributed by atoms with E-state index in [0.29, 0.717) is 22.2 Å². The van der Waals surface area contributed by atoms with Gasteiger partial charge in [0.1, 0.15) is 11.9 Å². The number of ether oxygens (including phenoxy) is 1. The Hall–Kier alpha value is -2.87. The van der Waals surface area contributed by atoms with Crippen molar-refractivity contribution >= 4 is 40.0 Å². The summed E-state index contributed by atoms with van der Waals surface area (Å²) in [7, 11) is 0. The van der Waals surface area contributed by atoms with Crippen LogP contribution in [0.5, 0.6) is 5.75 Å². The summed E-state index contributed by atoms with van der Waals surface area (Å²) < 4.78 is 25.6. The Morgan fingerprint density at radius 2 is 2.00 bits per heavy atom. The number of nitrogen functional groups attached to an aromatic ring is 1. The minimum atomic E-state index is -0.727. The molecule has 6 nitrogen and oxygen atoms in total. The number of rotatable bonds is 5. The van der Waals surface area contributed by atoms with Crippen molar-refractivity contribution in [2.45, 2.75) is 19.6 Å². The van der Waals surface area contributed by atoms with Crippen molar-refractivity contribution in [1.29, 1.82) is 0 Å². The number of hydrogen-bond acceptors (Lipinski definition) is 6. The number of aromatic nitrogens is 2. The van der Waals surface area contributed by atoms with Crippen LogP contribution in [-0.4, -0.2) is 15.1 Å². The predicted molar refractivity (Wildman–Crippen MR) is 113 cm³/mol. The van der Waals surface area contributed by atoms with E-state index in [1.54, 1.807) is 31.6 Å². The van der Waals surface area contributed by atoms with E-state index in [-0.39, 0.29) is 28.2 Å². The Morgan fingerprint density at radius 3 is 2.70 bits per heavy atom. The maximum Gasteiger partial charge on any atom is 0.205 e. The first kappa shape index (κ1) is 20.4. The largest absolute Gasteiger partial charge is 0.478 e. The number of halogens is 3. The fourth-order valence-corrected chi connectivity index (χ4v) is 3.82. The lowest BCUT2D eigenvalue weighted by Gasteiger charge is -2.18. The van der Waals surface area contributed by atoms with Crippen LogP contribution in [0.2, 0.25) is 10.0 Å². The van der Waals surface area contributed by atoms with Gasteiger partial charge in [-0.3, -0.25) is 4.98 Å². The lowest BCUT2D eigenvalue weighted by Crippen LogP contribution is -2.08. The average Bonchev–Trinajstić information content (AvgIpc) is 3.17. The maximum atomic E-state index is 13.9. The molecule has 3 N–H and O–H groups in total. The predicted octanol–water partition coefficient (Wildman–Crippen LogP) is 5.55. The topological polar surface area (TPSA) is 94.4 Å². The zero-order valence-corrected chi connectivity index (χ0v) is 17.2. The first-order chi connectivity index (χ1) is 14.4. The normalized spacial score (nSPS) is 12.3. The van der Waals surface area contributed by atoms with Crippen molar-refractivity contribution in [3.63, 3.8) is 0 Å². The first-order valence-electron chi connectivity index (χ1n) is 8.92. The molecule has 30 heavy (non-hydrogen) atoms. The Morgan fingerprint density at radius 1 is 1.20 bits per heavy atom. The van der Waals surface area contributed by atoms with Gasteiger partial charge in [-0.25, -0.2) is 9.37 Å². The quantitative estimate of drug-likeness (QED) is 0.389. The smallest absolute Gasteiger partial charge is 0.205 e. The lowest BCUT2D eigenvalue weighted by molar-refractivity contribution is 0.227. The molecule has 0 saturated heterocycles. The summed E-state index contributed by atoms with van der Waals surface area (Å²) in [5.41, 5.74) is 8.75. The molecule has 0 aliphatic rings. The first-order valence-corrected chi connectivity index (χ1v) is 9.68. The SMILES string of the molecule is C[C@@H](Oc1c(N)ncc2c(-c3ccc(CO)nc3)coc12)c1c(Cl)ccc(F)c1Cl. The number of aliphatic hydroxyl groups excluding tert-OH is 1. The summed E-state index contributed by atoms with van der Waals surface area (Å²) in [6, 6.07) is 6.13. The molecule has 0 saturated carbocycles. The van der Waals surface area contributed by atoms with E-state index in [0.717, 1.165) is 11.1 Å². The van der Waals surface area contributed by atoms with Gasteiger partial charge >= 0.3 is 0 Å². The van der Waals surface area contributed by atoms with E-state index in [1.807, 2.05) is 6.07 Å². The molecule has 154 valence electrons. The molecule has 0 unspecified atom stereocenters. The Bertz CT molecular complexity index is 1230. The van der Waals surface area contributed by atoms with Crippen LogP contribution in [0.4, 0.5) is 10.2 Å². The van der Waals surface area contributed by atoms with Crippen LogP contribution in [0.15, 0.2) is 47.3 Å². The number of anilines is 1. The van der Waals surface area contributed by atoms with Crippen LogP contribution in [0.3, 0.4) is 0 Å². The van der Waals surface area contributed by atoms with Gasteiger partial charge in [-0.05, 0) is 25.1 Å². The standard InChI is InChI=1S/C21H16Cl2FN3O3/c1-10(17-15(22)4-5-16(24)18(17)23)30-20-19-13(7-27-21(20)25)14(9-29-19)11-2-3-12(8-28)26-6-11/h2-7,9-10,28H,8H2,1H3,(H2,25,27)/t10-/m1/s1. The number of benzene rings is 1. The van der Waals surface area contributed by atoms with E-state index >= 15 is 0 Å². The van der Waals surface area contributed by atoms with Crippen LogP contribution in [0.1, 0.15) is 24.3 Å². The molecule has 0 amide bonds. The van der Waals surface area contributed by atoms with Gasteiger partial charge in [-0.15, -0.1) is 0 Å². The van der Waals surface area contributed by atoms with Crippen molar-refractivity contribution in [2.24, 2.45) is 0 Å². The zero-order chi connectivity index (χ0) is 21.4. The second-order valence-corrected chi connectivity index (χ2v) is 7.36. The van der Waals surface area contributed by atoms with Crippen LogP contribution < -0.4 is 10.5 Å². The van der Waals surface area contributed by atoms with Gasteiger partial charge in [0.25, 0.3) is 0 Å². The van der Waals surface area contributed by atoms with Crippen molar-refractivity contribution in [3.05, 3.63) is 70.0 Å². The second-order valence-electron chi connectivity index (χ2n) is 6.58. The molecular weight excluding hydrogens is 432 g/mol. The van der Waals surface area contributed by atoms with Crippen molar-refractivity contribution in [3.8, 4) is 16.9 Å². The number of furan rings is 1. The molecular formula is C21H16Cl2FN3O3. The monoisotopic (exact) mass is 447 g/mol. The summed E-state index contributed by atoms with van der Waals surface area (Å²) in [6.07, 6.45) is 4.01. The zero-order valence-electron chi connectivity index (χ0n) is 15.7. The van der Waals surface area contributed by atoms with Gasteiger partial charge in [0.2, 0.25) is 5.75 Å². The summed E-state index contributed by atoms with van der Waals surface area (Å²) in [5.74, 6) is -0.301. The Labute approximate surface area is 181 Å². The molecule has 9 heteroatoms. The Balaban J connectivity index is 1.76. The fourth-order valence-electron chi connectivity index (χ4n) is 3.15. The molecule has 3 heterocycles. The minimum absolute atomic E-state index is 0.104. The van der Waals surface area contributed by atoms with Gasteiger partial charge in [-0.2, -0.15) is 0 Å². The van der Waals surface area contributed by atoms with Crippen LogP contribution >= 0.6 is 23.2 Å². The summed E-state index contributed by atoms with van der Waals surface area (Å²) >= 11 is 12.3. The summed E-state index contributed by atoms with van der Waals surface area (Å²) in [5, 5.41) is 9.97. The van der Waals surface area contributed by atoms with Gasteiger partial charge in [0, 0.05) is 34.1 Å². The molecule has 3 aromatic heterocycles. The highest BCUT2D eigenvalue weighted by Gasteiger charge is 2.23. The molecule has 0 fully saturated rings. The highest BCUT2D eigenvalue weighted by Crippen LogP contribution is 2.41. The van der Waals surface area contributed by atoms with Gasteiger partial charge in [-0.1, -0.05) is 29.3 Å². The minimum Gasteiger partial charge on any atom is -0.478 e. The number of fused-ring (bicyclic) bond motifs is 1. The van der Waals surface area contributed by atoms with E-state index < -0.39 is 11.9 Å². The highest BCUT2D eigenvalue weighted by atomic mass is 35.5. The van der Waals surface area contributed by atoms with Crippen LogP contribution in [0, 0.1) is 5.82 Å². The fraction of sp³-hybridized carbons (Fsp3) is 0.143. The number of nitrogens with two attached hydrogens (primary N) is 1. The molecule has 0 bridgehead atoms. The molecule has 4 aromatic rings. The average molecular weight is 448 g/mol. The molecule has 1 atom stereocenters. The van der Waals surface area contributed by atoms with E-state index in [4.69, 9.17) is 43.2 Å². The third kappa shape index (κ3) is 3.56. The lowest BCUT2D eigenvalue weighted by atomic mass is 10.1. The number of pyridine rings is 2. The highest BCUT2D eigenvalue weighted by molar-refractivity contribution is 6.36. The van der Waals surface area contributed by atoms with Gasteiger partial charge in [0.15, 0.2) is 11.4 Å². The number of hydrogen-bond donors (Lipinski definition) is 2. The van der Waals surface area contributed by atoms with E-state index in [1.165, 1.54) is 12.1 Å². The second kappa shape index (κ2) is 8.10. The van der Waals surface area contributed by atoms with E-state index in [2.05, 4.69) is 9.97 Å². The molecule has 0 spiro atoms. The van der Waals surface area contributed by atoms with Gasteiger partial charge < -0.3 is 20.0 Å². The number of nitrogens with zero attached hydrogens (tertiary/aromatic N) is 2. The maximum absolute atomic E-state index is 13.9. The number of aliphatic hydroxyl groups is 1. The van der Waals surface area contributed by atoms with Crippen molar-refractivity contribution in [1.82, 2.24) is 9.97 Å². The van der Waals surface area contributed by atoms with Gasteiger partial charge in [0.05, 0.1) is 29.0 Å². The van der Waals surface area contributed by atoms with E-state index in [9.17, 15) is 4.39 Å². The third-order valence-corrected chi connectivity index (χ3v) is 5.39. The van der Waals surface area contributed by atoms with Crippen LogP contribution in [-0.2, 0) is 6.61 Å². The summed E-state index contributed by atoms with van der Waals surface area (Å²) in [4.78, 5) is 8.38. The molecule has 0 aliphatic carbocycles. The molecule has 0 radical (unpaired) electrons. The Kier molecular flexibility index (Phi) is 5.51. The summed E-state index contributed by atoms with van der Waals surface area (Å²) in [6.45, 7) is 1.53. The van der Waals surface area contributed by atoms with Crippen molar-refractivity contribution < 1.29 is 18.7 Å². The van der Waals surface area contributed by atoms with Crippen LogP contribution in [0.25, 0.3) is 22.1 Å². The molecule has 1 aromatic carbocycles.